The maximum absolute atomic E-state index is 12.8. The van der Waals surface area contributed by atoms with Crippen molar-refractivity contribution in [3.63, 3.8) is 0 Å². The van der Waals surface area contributed by atoms with Crippen LogP contribution in [0.4, 0.5) is 0 Å². The van der Waals surface area contributed by atoms with E-state index in [0.29, 0.717) is 13.0 Å². The number of ketones is 1. The molecule has 0 N–H and O–H groups in total. The molecule has 1 heterocycles. The lowest BCUT2D eigenvalue weighted by molar-refractivity contribution is -0.142. The van der Waals surface area contributed by atoms with Gasteiger partial charge >= 0.3 is 0 Å². The summed E-state index contributed by atoms with van der Waals surface area (Å²) in [5.74, 6) is -0.139. The summed E-state index contributed by atoms with van der Waals surface area (Å²) >= 11 is 0. The van der Waals surface area contributed by atoms with Crippen molar-refractivity contribution in [2.24, 2.45) is 11.8 Å². The Bertz CT molecular complexity index is 598. The van der Waals surface area contributed by atoms with Gasteiger partial charge in [-0.3, -0.25) is 9.59 Å². The number of rotatable bonds is 6. The van der Waals surface area contributed by atoms with Gasteiger partial charge < -0.3 is 9.69 Å². The first-order valence-corrected chi connectivity index (χ1v) is 9.03. The predicted molar refractivity (Wildman–Crippen MR) is 91.4 cm³/mol. The van der Waals surface area contributed by atoms with Gasteiger partial charge in [0.05, 0.1) is 6.04 Å². The van der Waals surface area contributed by atoms with Gasteiger partial charge in [-0.1, -0.05) is 36.8 Å². The molecule has 4 nitrogen and oxygen atoms in total. The summed E-state index contributed by atoms with van der Waals surface area (Å²) in [7, 11) is 0. The van der Waals surface area contributed by atoms with Crippen molar-refractivity contribution in [3.8, 4) is 0 Å². The van der Waals surface area contributed by atoms with Crippen LogP contribution in [0.15, 0.2) is 30.3 Å². The van der Waals surface area contributed by atoms with Crippen molar-refractivity contribution < 1.29 is 14.4 Å². The highest BCUT2D eigenvalue weighted by molar-refractivity contribution is 5.90. The van der Waals surface area contributed by atoms with Crippen molar-refractivity contribution in [2.75, 3.05) is 6.54 Å². The second kappa shape index (κ2) is 7.73. The van der Waals surface area contributed by atoms with Gasteiger partial charge in [0.25, 0.3) is 0 Å². The van der Waals surface area contributed by atoms with Gasteiger partial charge in [0, 0.05) is 24.8 Å². The van der Waals surface area contributed by atoms with Gasteiger partial charge in [-0.05, 0) is 37.7 Å². The maximum Gasteiger partial charge on any atom is 0.227 e. The second-order valence-electron chi connectivity index (χ2n) is 6.97. The zero-order valence-corrected chi connectivity index (χ0v) is 14.0. The average molecular weight is 327 g/mol. The van der Waals surface area contributed by atoms with Crippen molar-refractivity contribution in [3.05, 3.63) is 35.9 Å². The number of Topliss-reactive ketones (excluding diaryl/α,β-unsaturated/α-hetero) is 1. The molecule has 4 heteroatoms. The van der Waals surface area contributed by atoms with E-state index in [0.717, 1.165) is 50.4 Å². The van der Waals surface area contributed by atoms with Crippen molar-refractivity contribution >= 4 is 18.0 Å². The number of hydrogen-bond acceptors (Lipinski definition) is 3. The third-order valence-electron chi connectivity index (χ3n) is 5.49. The molecule has 2 fully saturated rings. The molecule has 1 aromatic carbocycles. The fourth-order valence-corrected chi connectivity index (χ4v) is 4.16. The van der Waals surface area contributed by atoms with E-state index in [9.17, 15) is 14.4 Å². The third kappa shape index (κ3) is 3.58. The molecule has 3 atom stereocenters. The third-order valence-corrected chi connectivity index (χ3v) is 5.49. The van der Waals surface area contributed by atoms with E-state index in [1.165, 1.54) is 0 Å². The van der Waals surface area contributed by atoms with E-state index in [4.69, 9.17) is 0 Å². The molecule has 24 heavy (non-hydrogen) atoms. The van der Waals surface area contributed by atoms with Gasteiger partial charge in [0.2, 0.25) is 5.91 Å². The molecule has 128 valence electrons. The van der Waals surface area contributed by atoms with Gasteiger partial charge in [-0.25, -0.2) is 0 Å². The number of carbonyl (C=O) groups excluding carboxylic acids is 3. The van der Waals surface area contributed by atoms with Crippen LogP contribution in [-0.2, 0) is 20.8 Å². The molecule has 1 saturated heterocycles. The molecular formula is C20H25NO3. The molecule has 0 radical (unpaired) electrons. The number of carbonyl (C=O) groups is 3. The molecule has 1 aliphatic carbocycles. The van der Waals surface area contributed by atoms with Crippen LogP contribution in [-0.4, -0.2) is 35.5 Å². The minimum Gasteiger partial charge on any atom is -0.333 e. The van der Waals surface area contributed by atoms with Crippen molar-refractivity contribution in [2.45, 2.75) is 51.0 Å². The highest BCUT2D eigenvalue weighted by Crippen LogP contribution is 2.36. The number of hydrogen-bond donors (Lipinski definition) is 0. The number of aryl methyl sites for hydroxylation is 1. The first-order chi connectivity index (χ1) is 11.7. The number of likely N-dealkylation sites (tertiary alicyclic amines) is 1. The topological polar surface area (TPSA) is 54.5 Å². The van der Waals surface area contributed by atoms with Crippen LogP contribution < -0.4 is 0 Å². The van der Waals surface area contributed by atoms with Gasteiger partial charge in [-0.15, -0.1) is 0 Å². The second-order valence-corrected chi connectivity index (χ2v) is 6.97. The van der Waals surface area contributed by atoms with E-state index in [1.807, 2.05) is 30.3 Å². The molecule has 0 aromatic heterocycles. The summed E-state index contributed by atoms with van der Waals surface area (Å²) in [5, 5.41) is 0. The molecule has 0 spiro atoms. The molecule has 1 aromatic rings. The van der Waals surface area contributed by atoms with E-state index < -0.39 is 0 Å². The minimum absolute atomic E-state index is 0.0279. The van der Waals surface area contributed by atoms with Gasteiger partial charge in [0.1, 0.15) is 12.1 Å². The zero-order valence-electron chi connectivity index (χ0n) is 14.0. The Hall–Kier alpha value is -1.97. The van der Waals surface area contributed by atoms with Gasteiger partial charge in [0.15, 0.2) is 0 Å². The number of amides is 1. The minimum atomic E-state index is -0.279. The first kappa shape index (κ1) is 16.9. The standard InChI is InChI=1S/C20H25NO3/c22-14-16-8-5-13-21(16)20(24)18-10-4-9-17(18)19(23)12-11-15-6-2-1-3-7-15/h1-3,6-7,14,16-18H,4-5,8-13H2/t16-,17-,18-/m0/s1. The number of benzene rings is 1. The highest BCUT2D eigenvalue weighted by Gasteiger charge is 2.41. The summed E-state index contributed by atoms with van der Waals surface area (Å²) in [6.45, 7) is 0.656. The summed E-state index contributed by atoms with van der Waals surface area (Å²) in [5.41, 5.74) is 1.16. The van der Waals surface area contributed by atoms with Crippen LogP contribution in [0.3, 0.4) is 0 Å². The maximum atomic E-state index is 12.8. The SMILES string of the molecule is O=C[C@@H]1CCCN1C(=O)[C@H]1CCC[C@@H]1C(=O)CCc1ccccc1. The average Bonchev–Trinajstić information content (AvgIpc) is 3.28. The molecule has 1 aliphatic heterocycles. The first-order valence-electron chi connectivity index (χ1n) is 9.03. The van der Waals surface area contributed by atoms with Crippen LogP contribution in [0.25, 0.3) is 0 Å². The molecule has 0 bridgehead atoms. The fourth-order valence-electron chi connectivity index (χ4n) is 4.16. The summed E-state index contributed by atoms with van der Waals surface area (Å²) in [4.78, 5) is 38.3. The normalized spacial score (nSPS) is 26.5. The molecule has 1 amide bonds. The number of aldehydes is 1. The van der Waals surface area contributed by atoms with E-state index in [2.05, 4.69) is 0 Å². The largest absolute Gasteiger partial charge is 0.333 e. The van der Waals surface area contributed by atoms with Crippen LogP contribution >= 0.6 is 0 Å². The Morgan fingerprint density at radius 2 is 1.79 bits per heavy atom. The smallest absolute Gasteiger partial charge is 0.227 e. The molecular weight excluding hydrogens is 302 g/mol. The van der Waals surface area contributed by atoms with Crippen LogP contribution in [0.1, 0.15) is 44.1 Å². The summed E-state index contributed by atoms with van der Waals surface area (Å²) < 4.78 is 0. The Labute approximate surface area is 143 Å². The van der Waals surface area contributed by atoms with Crippen molar-refractivity contribution in [1.82, 2.24) is 4.90 Å². The lowest BCUT2D eigenvalue weighted by Crippen LogP contribution is -2.42. The predicted octanol–water partition coefficient (Wildman–Crippen LogP) is 2.79. The molecule has 3 rings (SSSR count). The Morgan fingerprint density at radius 3 is 2.54 bits per heavy atom. The lowest BCUT2D eigenvalue weighted by Gasteiger charge is -2.27. The van der Waals surface area contributed by atoms with Crippen molar-refractivity contribution in [1.29, 1.82) is 0 Å². The van der Waals surface area contributed by atoms with Crippen LogP contribution in [0.2, 0.25) is 0 Å². The quantitative estimate of drug-likeness (QED) is 0.755. The Balaban J connectivity index is 1.61. The summed E-state index contributed by atoms with van der Waals surface area (Å²) in [6.07, 6.45) is 6.27. The van der Waals surface area contributed by atoms with E-state index in [1.54, 1.807) is 4.90 Å². The lowest BCUT2D eigenvalue weighted by atomic mass is 9.88. The fraction of sp³-hybridized carbons (Fsp3) is 0.550. The van der Waals surface area contributed by atoms with Crippen LogP contribution in [0, 0.1) is 11.8 Å². The summed E-state index contributed by atoms with van der Waals surface area (Å²) in [6, 6.07) is 9.71. The zero-order chi connectivity index (χ0) is 16.9. The van der Waals surface area contributed by atoms with E-state index >= 15 is 0 Å². The van der Waals surface area contributed by atoms with Gasteiger partial charge in [-0.2, -0.15) is 0 Å². The molecule has 0 unspecified atom stereocenters. The Morgan fingerprint density at radius 1 is 1.04 bits per heavy atom. The monoisotopic (exact) mass is 327 g/mol. The van der Waals surface area contributed by atoms with E-state index in [-0.39, 0.29) is 29.6 Å². The molecule has 1 saturated carbocycles. The van der Waals surface area contributed by atoms with Crippen LogP contribution in [0.5, 0.6) is 0 Å². The highest BCUT2D eigenvalue weighted by atomic mass is 16.2. The number of nitrogens with zero attached hydrogens (tertiary/aromatic N) is 1. The Kier molecular flexibility index (Phi) is 5.44. The molecule has 2 aliphatic rings.